The number of likely N-dealkylation sites (tertiary alicyclic amines) is 1. The van der Waals surface area contributed by atoms with E-state index in [4.69, 9.17) is 21.1 Å². The Kier molecular flexibility index (Phi) is 5.67. The number of anilines is 1. The summed E-state index contributed by atoms with van der Waals surface area (Å²) in [5.74, 6) is 1.31. The smallest absolute Gasteiger partial charge is 0.410 e. The van der Waals surface area contributed by atoms with Gasteiger partial charge in [0.05, 0.1) is 29.9 Å². The fourth-order valence-electron chi connectivity index (χ4n) is 4.46. The van der Waals surface area contributed by atoms with Crippen molar-refractivity contribution in [3.63, 3.8) is 0 Å². The lowest BCUT2D eigenvalue weighted by atomic mass is 10.1. The molecule has 2 aromatic rings. The van der Waals surface area contributed by atoms with E-state index in [0.29, 0.717) is 25.6 Å². The lowest BCUT2D eigenvalue weighted by Gasteiger charge is -2.30. The molecule has 2 saturated heterocycles. The minimum absolute atomic E-state index is 0.225. The van der Waals surface area contributed by atoms with Gasteiger partial charge in [0.2, 0.25) is 0 Å². The van der Waals surface area contributed by atoms with Gasteiger partial charge in [0.1, 0.15) is 23.3 Å². The molecule has 5 heterocycles. The van der Waals surface area contributed by atoms with Crippen LogP contribution >= 0.6 is 22.9 Å². The van der Waals surface area contributed by atoms with Crippen LogP contribution in [-0.4, -0.2) is 76.4 Å². The number of hydrogen-bond acceptors (Lipinski definition) is 8. The molecule has 0 aliphatic carbocycles. The molecule has 5 rings (SSSR count). The first-order valence-corrected chi connectivity index (χ1v) is 12.2. The van der Waals surface area contributed by atoms with Gasteiger partial charge in [-0.25, -0.2) is 14.8 Å². The van der Waals surface area contributed by atoms with E-state index in [-0.39, 0.29) is 11.7 Å². The summed E-state index contributed by atoms with van der Waals surface area (Å²) in [6.07, 6.45) is 3.61. The van der Waals surface area contributed by atoms with Crippen LogP contribution in [0.1, 0.15) is 25.6 Å². The fraction of sp³-hybridized carbons (Fsp3) is 0.591. The van der Waals surface area contributed by atoms with Crippen molar-refractivity contribution < 1.29 is 14.3 Å². The van der Waals surface area contributed by atoms with Gasteiger partial charge >= 0.3 is 6.09 Å². The predicted molar refractivity (Wildman–Crippen MR) is 125 cm³/mol. The molecular formula is C22H28ClN5O3S. The molecule has 1 amide bonds. The maximum absolute atomic E-state index is 12.4. The highest BCUT2D eigenvalue weighted by atomic mass is 35.5. The maximum Gasteiger partial charge on any atom is 0.410 e. The Balaban J connectivity index is 1.26. The quantitative estimate of drug-likeness (QED) is 0.625. The van der Waals surface area contributed by atoms with Gasteiger partial charge in [-0.15, -0.1) is 11.3 Å². The topological polar surface area (TPSA) is 71.0 Å². The number of hydrogen-bond donors (Lipinski definition) is 0. The molecule has 32 heavy (non-hydrogen) atoms. The largest absolute Gasteiger partial charge is 0.444 e. The molecule has 2 aromatic heterocycles. The first kappa shape index (κ1) is 21.7. The van der Waals surface area contributed by atoms with Crippen LogP contribution in [-0.2, 0) is 16.0 Å². The summed E-state index contributed by atoms with van der Waals surface area (Å²) in [4.78, 5) is 29.0. The van der Waals surface area contributed by atoms with E-state index >= 15 is 0 Å². The van der Waals surface area contributed by atoms with E-state index in [2.05, 4.69) is 32.0 Å². The second-order valence-corrected chi connectivity index (χ2v) is 11.2. The van der Waals surface area contributed by atoms with Crippen LogP contribution in [0.4, 0.5) is 10.6 Å². The van der Waals surface area contributed by atoms with Crippen molar-refractivity contribution in [3.8, 4) is 0 Å². The van der Waals surface area contributed by atoms with Gasteiger partial charge in [-0.05, 0) is 32.4 Å². The zero-order valence-corrected chi connectivity index (χ0v) is 20.2. The highest BCUT2D eigenvalue weighted by Crippen LogP contribution is 2.35. The van der Waals surface area contributed by atoms with Gasteiger partial charge in [-0.1, -0.05) is 11.6 Å². The number of nitrogens with zero attached hydrogens (tertiary/aromatic N) is 5. The Bertz CT molecular complexity index is 1050. The van der Waals surface area contributed by atoms with Gasteiger partial charge in [-0.3, -0.25) is 0 Å². The van der Waals surface area contributed by atoms with Crippen LogP contribution in [0.5, 0.6) is 0 Å². The normalized spacial score (nSPS) is 23.6. The van der Waals surface area contributed by atoms with E-state index in [1.54, 1.807) is 17.7 Å². The van der Waals surface area contributed by atoms with Crippen molar-refractivity contribution in [1.82, 2.24) is 19.8 Å². The minimum atomic E-state index is -0.468. The van der Waals surface area contributed by atoms with Crippen LogP contribution < -0.4 is 4.90 Å². The molecule has 0 radical (unpaired) electrons. The molecule has 2 atom stereocenters. The average molecular weight is 478 g/mol. The molecule has 2 unspecified atom stereocenters. The maximum atomic E-state index is 12.4. The molecule has 0 aromatic carbocycles. The first-order chi connectivity index (χ1) is 15.2. The molecule has 10 heteroatoms. The van der Waals surface area contributed by atoms with E-state index < -0.39 is 5.60 Å². The minimum Gasteiger partial charge on any atom is -0.444 e. The van der Waals surface area contributed by atoms with Crippen molar-refractivity contribution in [2.24, 2.45) is 5.92 Å². The summed E-state index contributed by atoms with van der Waals surface area (Å²) in [7, 11) is 0. The van der Waals surface area contributed by atoms with Gasteiger partial charge in [0.25, 0.3) is 0 Å². The Hall–Kier alpha value is -2.10. The lowest BCUT2D eigenvalue weighted by Crippen LogP contribution is -2.40. The van der Waals surface area contributed by atoms with E-state index in [0.717, 1.165) is 42.2 Å². The number of ether oxygens (including phenoxy) is 2. The SMILES string of the molecule is CC(C)(C)OC(=O)N1CC2=CN(Cc3cc4ncnc(N5CCOC(Cl)C5)c4s3)CC2C1. The third-order valence-electron chi connectivity index (χ3n) is 5.82. The average Bonchev–Trinajstić information content (AvgIpc) is 3.39. The Morgan fingerprint density at radius 2 is 2.16 bits per heavy atom. The number of alkyl halides is 1. The molecule has 0 bridgehead atoms. The zero-order chi connectivity index (χ0) is 22.5. The number of thiophene rings is 1. The van der Waals surface area contributed by atoms with E-state index in [1.165, 1.54) is 10.5 Å². The second kappa shape index (κ2) is 8.35. The number of amides is 1. The third kappa shape index (κ3) is 4.51. The number of carbonyl (C=O) groups excluding carboxylic acids is 1. The molecule has 3 aliphatic rings. The summed E-state index contributed by atoms with van der Waals surface area (Å²) < 4.78 is 12.1. The Morgan fingerprint density at radius 1 is 1.31 bits per heavy atom. The van der Waals surface area contributed by atoms with Crippen LogP contribution in [0, 0.1) is 5.92 Å². The summed E-state index contributed by atoms with van der Waals surface area (Å²) >= 11 is 7.93. The fourth-order valence-corrected chi connectivity index (χ4v) is 5.87. The third-order valence-corrected chi connectivity index (χ3v) is 7.19. The molecular weight excluding hydrogens is 450 g/mol. The summed E-state index contributed by atoms with van der Waals surface area (Å²) in [6.45, 7) is 10.8. The zero-order valence-electron chi connectivity index (χ0n) is 18.6. The highest BCUT2D eigenvalue weighted by molar-refractivity contribution is 7.19. The second-order valence-electron chi connectivity index (χ2n) is 9.54. The molecule has 2 fully saturated rings. The lowest BCUT2D eigenvalue weighted by molar-refractivity contribution is 0.0287. The van der Waals surface area contributed by atoms with Crippen molar-refractivity contribution in [1.29, 1.82) is 0 Å². The van der Waals surface area contributed by atoms with E-state index in [9.17, 15) is 4.79 Å². The number of carbonyl (C=O) groups is 1. The Labute approximate surface area is 196 Å². The number of aromatic nitrogens is 2. The molecule has 0 N–H and O–H groups in total. The van der Waals surface area contributed by atoms with Gasteiger partial charge in [-0.2, -0.15) is 0 Å². The standard InChI is InChI=1S/C22H28ClN5O3S/c1-22(2,3)31-21(29)28-9-14-7-26(8-15(14)10-28)11-16-6-17-19(32-16)20(25-13-24-17)27-4-5-30-18(23)12-27/h6-7,13,15,18H,4-5,8-12H2,1-3H3. The number of rotatable bonds is 3. The van der Waals surface area contributed by atoms with Gasteiger partial charge < -0.3 is 24.2 Å². The number of fused-ring (bicyclic) bond motifs is 2. The molecule has 0 spiro atoms. The van der Waals surface area contributed by atoms with Gasteiger partial charge in [0, 0.05) is 43.2 Å². The predicted octanol–water partition coefficient (Wildman–Crippen LogP) is 3.66. The molecule has 0 saturated carbocycles. The number of morpholine rings is 1. The summed E-state index contributed by atoms with van der Waals surface area (Å²) in [6, 6.07) is 2.16. The summed E-state index contributed by atoms with van der Waals surface area (Å²) in [5, 5.41) is 0. The van der Waals surface area contributed by atoms with E-state index in [1.807, 2.05) is 25.7 Å². The van der Waals surface area contributed by atoms with Crippen molar-refractivity contribution in [2.45, 2.75) is 38.5 Å². The van der Waals surface area contributed by atoms with Crippen LogP contribution in [0.25, 0.3) is 10.2 Å². The molecule has 172 valence electrons. The van der Waals surface area contributed by atoms with Crippen molar-refractivity contribution in [3.05, 3.63) is 29.0 Å². The van der Waals surface area contributed by atoms with Crippen molar-refractivity contribution >= 4 is 45.1 Å². The van der Waals surface area contributed by atoms with Gasteiger partial charge in [0.15, 0.2) is 0 Å². The Morgan fingerprint density at radius 3 is 2.91 bits per heavy atom. The van der Waals surface area contributed by atoms with Crippen LogP contribution in [0.15, 0.2) is 24.2 Å². The molecule has 3 aliphatic heterocycles. The van der Waals surface area contributed by atoms with Crippen LogP contribution in [0.2, 0.25) is 0 Å². The van der Waals surface area contributed by atoms with Crippen molar-refractivity contribution in [2.75, 3.05) is 44.2 Å². The summed E-state index contributed by atoms with van der Waals surface area (Å²) in [5.41, 5.74) is 1.49. The first-order valence-electron chi connectivity index (χ1n) is 10.9. The molecule has 8 nitrogen and oxygen atoms in total. The number of halogens is 1. The monoisotopic (exact) mass is 477 g/mol. The highest BCUT2D eigenvalue weighted by Gasteiger charge is 2.37. The van der Waals surface area contributed by atoms with Crippen LogP contribution in [0.3, 0.4) is 0 Å².